The molecule has 0 aliphatic carbocycles. The average molecular weight is 321 g/mol. The Labute approximate surface area is 131 Å². The zero-order valence-corrected chi connectivity index (χ0v) is 13.0. The predicted molar refractivity (Wildman–Crippen MR) is 84.9 cm³/mol. The van der Waals surface area contributed by atoms with Crippen molar-refractivity contribution in [1.29, 1.82) is 0 Å². The maximum absolute atomic E-state index is 12.4. The molecule has 0 radical (unpaired) electrons. The summed E-state index contributed by atoms with van der Waals surface area (Å²) in [5.41, 5.74) is 0.292. The van der Waals surface area contributed by atoms with Crippen LogP contribution < -0.4 is 21.1 Å². The minimum atomic E-state index is -1.03. The van der Waals surface area contributed by atoms with Gasteiger partial charge >= 0.3 is 5.97 Å². The van der Waals surface area contributed by atoms with Gasteiger partial charge in [-0.1, -0.05) is 0 Å². The lowest BCUT2D eigenvalue weighted by atomic mass is 10.3. The molecule has 1 aliphatic heterocycles. The van der Waals surface area contributed by atoms with Gasteiger partial charge in [-0.2, -0.15) is 9.97 Å². The van der Waals surface area contributed by atoms with Gasteiger partial charge in [-0.15, -0.1) is 0 Å². The van der Waals surface area contributed by atoms with Gasteiger partial charge in [0, 0.05) is 33.2 Å². The van der Waals surface area contributed by atoms with Crippen molar-refractivity contribution in [3.8, 4) is 0 Å². The first-order valence-corrected chi connectivity index (χ1v) is 7.39. The van der Waals surface area contributed by atoms with E-state index in [1.807, 2.05) is 4.90 Å². The van der Waals surface area contributed by atoms with Crippen molar-refractivity contribution in [1.82, 2.24) is 24.8 Å². The van der Waals surface area contributed by atoms with Crippen molar-refractivity contribution in [3.63, 3.8) is 0 Å². The molecule has 1 unspecified atom stereocenters. The van der Waals surface area contributed by atoms with Gasteiger partial charge in [-0.25, -0.2) is 0 Å². The molecular formula is C13H19N7O3. The molecule has 2 aromatic heterocycles. The fraction of sp³-hybridized carbons (Fsp3) is 0.538. The molecule has 0 amide bonds. The molecule has 23 heavy (non-hydrogen) atoms. The van der Waals surface area contributed by atoms with Crippen LogP contribution in [-0.2, 0) is 11.8 Å². The summed E-state index contributed by atoms with van der Waals surface area (Å²) >= 11 is 0. The maximum Gasteiger partial charge on any atom is 0.325 e. The van der Waals surface area contributed by atoms with Crippen molar-refractivity contribution in [3.05, 3.63) is 10.4 Å². The fourth-order valence-electron chi connectivity index (χ4n) is 2.43. The number of aromatic nitrogens is 4. The number of H-pyrrole nitrogens is 1. The normalized spacial score (nSPS) is 16.5. The van der Waals surface area contributed by atoms with E-state index in [1.54, 1.807) is 0 Å². The fourth-order valence-corrected chi connectivity index (χ4v) is 2.43. The molecule has 124 valence electrons. The molecule has 2 aromatic rings. The van der Waals surface area contributed by atoms with Gasteiger partial charge in [-0.05, 0) is 6.92 Å². The summed E-state index contributed by atoms with van der Waals surface area (Å²) in [4.78, 5) is 37.1. The average Bonchev–Trinajstić information content (AvgIpc) is 2.97. The Bertz CT molecular complexity index is 791. The number of piperazine rings is 1. The summed E-state index contributed by atoms with van der Waals surface area (Å²) in [6, 6.07) is -0.864. The van der Waals surface area contributed by atoms with Crippen LogP contribution in [0.1, 0.15) is 6.92 Å². The number of carboxylic acids is 1. The van der Waals surface area contributed by atoms with E-state index >= 15 is 0 Å². The number of fused-ring (bicyclic) bond motifs is 1. The predicted octanol–water partition coefficient (Wildman–Crippen LogP) is -1.05. The summed E-state index contributed by atoms with van der Waals surface area (Å²) in [6.45, 7) is 4.77. The molecule has 10 heteroatoms. The second-order valence-corrected chi connectivity index (χ2v) is 5.50. The quantitative estimate of drug-likeness (QED) is 0.562. The Morgan fingerprint density at radius 2 is 2.04 bits per heavy atom. The minimum absolute atomic E-state index is 0.177. The van der Waals surface area contributed by atoms with E-state index in [4.69, 9.17) is 5.11 Å². The SMILES string of the molecule is CC(Nc1nc2nc(N3CCNCC3)[nH]c2c(=O)n1C)C(=O)O. The van der Waals surface area contributed by atoms with Crippen molar-refractivity contribution >= 4 is 29.0 Å². The zero-order chi connectivity index (χ0) is 16.6. The van der Waals surface area contributed by atoms with Crippen LogP contribution in [0.2, 0.25) is 0 Å². The summed E-state index contributed by atoms with van der Waals surface area (Å²) in [5, 5.41) is 14.9. The summed E-state index contributed by atoms with van der Waals surface area (Å²) in [6.07, 6.45) is 0. The lowest BCUT2D eigenvalue weighted by Gasteiger charge is -2.26. The number of imidazole rings is 1. The summed E-state index contributed by atoms with van der Waals surface area (Å²) in [5.74, 6) is -0.242. The molecule has 3 rings (SSSR count). The van der Waals surface area contributed by atoms with Gasteiger partial charge < -0.3 is 25.6 Å². The Hall–Kier alpha value is -2.62. The third-order valence-corrected chi connectivity index (χ3v) is 3.85. The van der Waals surface area contributed by atoms with Gasteiger partial charge in [0.2, 0.25) is 11.9 Å². The van der Waals surface area contributed by atoms with E-state index in [1.165, 1.54) is 18.5 Å². The van der Waals surface area contributed by atoms with E-state index in [0.717, 1.165) is 26.2 Å². The van der Waals surface area contributed by atoms with Crippen LogP contribution in [0.3, 0.4) is 0 Å². The standard InChI is InChI=1S/C13H19N7O3/c1-7(11(22)23)15-12-17-9-8(10(21)19(12)2)16-13(18-9)20-5-3-14-4-6-20/h7,14H,3-6H2,1-2H3,(H,15,17)(H,16,18)(H,22,23). The van der Waals surface area contributed by atoms with Crippen LogP contribution in [0, 0.1) is 0 Å². The number of hydrogen-bond donors (Lipinski definition) is 4. The second-order valence-electron chi connectivity index (χ2n) is 5.50. The first kappa shape index (κ1) is 15.3. The minimum Gasteiger partial charge on any atom is -0.480 e. The van der Waals surface area contributed by atoms with Gasteiger partial charge in [-0.3, -0.25) is 14.2 Å². The van der Waals surface area contributed by atoms with E-state index in [-0.39, 0.29) is 17.2 Å². The highest BCUT2D eigenvalue weighted by atomic mass is 16.4. The lowest BCUT2D eigenvalue weighted by molar-refractivity contribution is -0.137. The highest BCUT2D eigenvalue weighted by Crippen LogP contribution is 2.15. The first-order chi connectivity index (χ1) is 11.0. The second kappa shape index (κ2) is 5.88. The number of carboxylic acid groups (broad SMARTS) is 1. The van der Waals surface area contributed by atoms with Crippen molar-refractivity contribution in [2.45, 2.75) is 13.0 Å². The number of rotatable bonds is 4. The number of carbonyl (C=O) groups is 1. The molecule has 1 saturated heterocycles. The van der Waals surface area contributed by atoms with Crippen LogP contribution in [0.15, 0.2) is 4.79 Å². The number of anilines is 2. The highest BCUT2D eigenvalue weighted by Gasteiger charge is 2.19. The monoisotopic (exact) mass is 321 g/mol. The van der Waals surface area contributed by atoms with E-state index < -0.39 is 12.0 Å². The Morgan fingerprint density at radius 1 is 1.35 bits per heavy atom. The smallest absolute Gasteiger partial charge is 0.325 e. The number of hydrogen-bond acceptors (Lipinski definition) is 7. The molecule has 1 atom stereocenters. The van der Waals surface area contributed by atoms with Crippen LogP contribution in [-0.4, -0.2) is 62.8 Å². The van der Waals surface area contributed by atoms with Crippen LogP contribution >= 0.6 is 0 Å². The van der Waals surface area contributed by atoms with Crippen molar-refractivity contribution in [2.24, 2.45) is 7.05 Å². The Morgan fingerprint density at radius 3 is 2.70 bits per heavy atom. The number of nitrogens with one attached hydrogen (secondary N) is 3. The van der Waals surface area contributed by atoms with Gasteiger partial charge in [0.15, 0.2) is 11.2 Å². The van der Waals surface area contributed by atoms with E-state index in [9.17, 15) is 9.59 Å². The third kappa shape index (κ3) is 2.84. The molecule has 10 nitrogen and oxygen atoms in total. The van der Waals surface area contributed by atoms with Crippen molar-refractivity contribution < 1.29 is 9.90 Å². The molecule has 1 aliphatic rings. The molecule has 0 saturated carbocycles. The molecule has 3 heterocycles. The van der Waals surface area contributed by atoms with Gasteiger partial charge in [0.1, 0.15) is 6.04 Å². The molecule has 0 aromatic carbocycles. The van der Waals surface area contributed by atoms with Crippen molar-refractivity contribution in [2.75, 3.05) is 36.4 Å². The number of nitrogens with zero attached hydrogens (tertiary/aromatic N) is 4. The molecular weight excluding hydrogens is 302 g/mol. The van der Waals surface area contributed by atoms with Gasteiger partial charge in [0.05, 0.1) is 0 Å². The Kier molecular flexibility index (Phi) is 3.90. The number of aliphatic carboxylic acids is 1. The molecule has 0 spiro atoms. The van der Waals surface area contributed by atoms with E-state index in [2.05, 4.69) is 25.6 Å². The summed E-state index contributed by atoms with van der Waals surface area (Å²) < 4.78 is 1.28. The first-order valence-electron chi connectivity index (χ1n) is 7.39. The highest BCUT2D eigenvalue weighted by molar-refractivity contribution is 5.77. The third-order valence-electron chi connectivity index (χ3n) is 3.85. The summed E-state index contributed by atoms with van der Waals surface area (Å²) in [7, 11) is 1.54. The van der Waals surface area contributed by atoms with Gasteiger partial charge in [0.25, 0.3) is 5.56 Å². The molecule has 0 bridgehead atoms. The molecule has 1 fully saturated rings. The zero-order valence-electron chi connectivity index (χ0n) is 13.0. The van der Waals surface area contributed by atoms with Crippen LogP contribution in [0.25, 0.3) is 11.2 Å². The Balaban J connectivity index is 2.00. The largest absolute Gasteiger partial charge is 0.480 e. The molecule has 4 N–H and O–H groups in total. The van der Waals surface area contributed by atoms with Crippen LogP contribution in [0.5, 0.6) is 0 Å². The topological polar surface area (TPSA) is 128 Å². The van der Waals surface area contributed by atoms with Crippen LogP contribution in [0.4, 0.5) is 11.9 Å². The maximum atomic E-state index is 12.4. The van der Waals surface area contributed by atoms with E-state index in [0.29, 0.717) is 11.5 Å². The number of aromatic amines is 1. The lowest BCUT2D eigenvalue weighted by Crippen LogP contribution is -2.44.